The zero-order chi connectivity index (χ0) is 23.3. The Morgan fingerprint density at radius 1 is 1.00 bits per heavy atom. The molecule has 2 N–H and O–H groups in total. The van der Waals surface area contributed by atoms with Gasteiger partial charge in [0.15, 0.2) is 0 Å². The SMILES string of the molecule is COc1ccc(/C=C/C(=O)Nc2nc3n(n2)[C@@H](c2ccccc2)C[C@@H](c2ccccc2)N3)cc1. The topological polar surface area (TPSA) is 81.1 Å². The Balaban J connectivity index is 1.37. The second-order valence-electron chi connectivity index (χ2n) is 8.07. The number of carbonyl (C=O) groups excluding carboxylic acids is 1. The molecular weight excluding hydrogens is 426 g/mol. The van der Waals surface area contributed by atoms with Crippen molar-refractivity contribution in [3.63, 3.8) is 0 Å². The van der Waals surface area contributed by atoms with Gasteiger partial charge in [0.05, 0.1) is 19.2 Å². The van der Waals surface area contributed by atoms with Crippen molar-refractivity contribution in [2.24, 2.45) is 0 Å². The zero-order valence-electron chi connectivity index (χ0n) is 18.8. The molecule has 0 aliphatic carbocycles. The van der Waals surface area contributed by atoms with Gasteiger partial charge in [0.2, 0.25) is 5.95 Å². The molecule has 7 nitrogen and oxygen atoms in total. The summed E-state index contributed by atoms with van der Waals surface area (Å²) < 4.78 is 7.02. The molecule has 1 amide bonds. The highest BCUT2D eigenvalue weighted by Gasteiger charge is 2.31. The number of carbonyl (C=O) groups is 1. The van der Waals surface area contributed by atoms with Crippen LogP contribution < -0.4 is 15.4 Å². The largest absolute Gasteiger partial charge is 0.497 e. The zero-order valence-corrected chi connectivity index (χ0v) is 18.8. The van der Waals surface area contributed by atoms with Gasteiger partial charge in [-0.3, -0.25) is 10.1 Å². The molecular formula is C27H25N5O2. The first-order valence-electron chi connectivity index (χ1n) is 11.2. The minimum absolute atomic E-state index is 0.00403. The molecule has 1 aliphatic heterocycles. The summed E-state index contributed by atoms with van der Waals surface area (Å²) in [6.45, 7) is 0. The van der Waals surface area contributed by atoms with Crippen molar-refractivity contribution >= 4 is 23.9 Å². The standard InChI is InChI=1S/C27H25N5O2/c1-34-22-15-12-19(13-16-22)14-17-25(33)29-26-30-27-28-23(20-8-4-2-5-9-20)18-24(32(27)31-26)21-10-6-3-7-11-21/h2-17,23-24H,18H2,1H3,(H2,28,29,30,31,33)/b17-14+/t23-,24+/m0/s1. The lowest BCUT2D eigenvalue weighted by Gasteiger charge is -2.31. The summed E-state index contributed by atoms with van der Waals surface area (Å²) >= 11 is 0. The van der Waals surface area contributed by atoms with Crippen LogP contribution in [0.2, 0.25) is 0 Å². The van der Waals surface area contributed by atoms with Gasteiger partial charge in [-0.2, -0.15) is 4.98 Å². The number of hydrogen-bond donors (Lipinski definition) is 2. The first-order valence-corrected chi connectivity index (χ1v) is 11.2. The Morgan fingerprint density at radius 2 is 1.68 bits per heavy atom. The predicted molar refractivity (Wildman–Crippen MR) is 133 cm³/mol. The van der Waals surface area contributed by atoms with Crippen LogP contribution in [0.25, 0.3) is 6.08 Å². The summed E-state index contributed by atoms with van der Waals surface area (Å²) in [4.78, 5) is 17.1. The fourth-order valence-corrected chi connectivity index (χ4v) is 4.13. The number of rotatable bonds is 6. The molecule has 0 spiro atoms. The lowest BCUT2D eigenvalue weighted by molar-refractivity contribution is -0.111. The van der Waals surface area contributed by atoms with Crippen molar-refractivity contribution < 1.29 is 9.53 Å². The van der Waals surface area contributed by atoms with Gasteiger partial charge >= 0.3 is 0 Å². The van der Waals surface area contributed by atoms with Crippen LogP contribution in [-0.4, -0.2) is 27.8 Å². The third-order valence-corrected chi connectivity index (χ3v) is 5.85. The van der Waals surface area contributed by atoms with Gasteiger partial charge in [0.25, 0.3) is 11.9 Å². The normalized spacial score (nSPS) is 17.1. The van der Waals surface area contributed by atoms with Crippen LogP contribution in [0.3, 0.4) is 0 Å². The molecule has 1 aliphatic rings. The Kier molecular flexibility index (Phi) is 6.07. The van der Waals surface area contributed by atoms with E-state index in [1.165, 1.54) is 11.6 Å². The molecule has 7 heteroatoms. The number of aromatic nitrogens is 3. The minimum atomic E-state index is -0.297. The summed E-state index contributed by atoms with van der Waals surface area (Å²) in [5.41, 5.74) is 3.23. The van der Waals surface area contributed by atoms with Crippen LogP contribution in [0.5, 0.6) is 5.75 Å². The van der Waals surface area contributed by atoms with Gasteiger partial charge in [0, 0.05) is 6.08 Å². The average molecular weight is 452 g/mol. The maximum absolute atomic E-state index is 12.5. The van der Waals surface area contributed by atoms with Crippen LogP contribution >= 0.6 is 0 Å². The van der Waals surface area contributed by atoms with Gasteiger partial charge in [-0.25, -0.2) is 4.68 Å². The number of fused-ring (bicyclic) bond motifs is 1. The van der Waals surface area contributed by atoms with E-state index in [2.05, 4.69) is 45.0 Å². The molecule has 4 aromatic rings. The Bertz CT molecular complexity index is 1280. The first kappa shape index (κ1) is 21.5. The first-order chi connectivity index (χ1) is 16.7. The number of anilines is 2. The van der Waals surface area contributed by atoms with Crippen LogP contribution in [0.15, 0.2) is 91.0 Å². The number of amides is 1. The molecule has 0 radical (unpaired) electrons. The number of methoxy groups -OCH3 is 1. The van der Waals surface area contributed by atoms with E-state index >= 15 is 0 Å². The molecule has 3 aromatic carbocycles. The van der Waals surface area contributed by atoms with E-state index < -0.39 is 0 Å². The van der Waals surface area contributed by atoms with E-state index in [-0.39, 0.29) is 23.9 Å². The molecule has 170 valence electrons. The Labute approximate surface area is 198 Å². The van der Waals surface area contributed by atoms with Crippen molar-refractivity contribution in [3.05, 3.63) is 108 Å². The molecule has 5 rings (SSSR count). The third-order valence-electron chi connectivity index (χ3n) is 5.85. The molecule has 2 heterocycles. The van der Waals surface area contributed by atoms with E-state index in [9.17, 15) is 4.79 Å². The lowest BCUT2D eigenvalue weighted by Crippen LogP contribution is -2.28. The fraction of sp³-hybridized carbons (Fsp3) is 0.148. The summed E-state index contributed by atoms with van der Waals surface area (Å²) in [7, 11) is 1.62. The fourth-order valence-electron chi connectivity index (χ4n) is 4.13. The summed E-state index contributed by atoms with van der Waals surface area (Å²) in [6.07, 6.45) is 4.02. The van der Waals surface area contributed by atoms with E-state index in [1.807, 2.05) is 65.3 Å². The molecule has 0 fully saturated rings. The van der Waals surface area contributed by atoms with Crippen LogP contribution in [-0.2, 0) is 4.79 Å². The van der Waals surface area contributed by atoms with Gasteiger partial charge in [-0.15, -0.1) is 5.10 Å². The van der Waals surface area contributed by atoms with Gasteiger partial charge in [-0.05, 0) is 41.3 Å². The van der Waals surface area contributed by atoms with E-state index in [4.69, 9.17) is 4.74 Å². The molecule has 1 aromatic heterocycles. The third kappa shape index (κ3) is 4.68. The summed E-state index contributed by atoms with van der Waals surface area (Å²) in [5.74, 6) is 1.36. The number of nitrogens with zero attached hydrogens (tertiary/aromatic N) is 3. The van der Waals surface area contributed by atoms with E-state index in [0.717, 1.165) is 23.3 Å². The van der Waals surface area contributed by atoms with Gasteiger partial charge < -0.3 is 10.1 Å². The average Bonchev–Trinajstić information content (AvgIpc) is 3.30. The van der Waals surface area contributed by atoms with E-state index in [0.29, 0.717) is 5.95 Å². The summed E-state index contributed by atoms with van der Waals surface area (Å²) in [5, 5.41) is 10.9. The molecule has 34 heavy (non-hydrogen) atoms. The van der Waals surface area contributed by atoms with Crippen LogP contribution in [0, 0.1) is 0 Å². The molecule has 0 saturated heterocycles. The lowest BCUT2D eigenvalue weighted by atomic mass is 9.93. The molecule has 0 unspecified atom stereocenters. The minimum Gasteiger partial charge on any atom is -0.497 e. The molecule has 0 bridgehead atoms. The van der Waals surface area contributed by atoms with Gasteiger partial charge in [-0.1, -0.05) is 72.8 Å². The predicted octanol–water partition coefficient (Wildman–Crippen LogP) is 5.08. The second kappa shape index (κ2) is 9.62. The highest BCUT2D eigenvalue weighted by atomic mass is 16.5. The van der Waals surface area contributed by atoms with Crippen molar-refractivity contribution in [1.82, 2.24) is 14.8 Å². The maximum Gasteiger partial charge on any atom is 0.250 e. The summed E-state index contributed by atoms with van der Waals surface area (Å²) in [6, 6.07) is 28.1. The highest BCUT2D eigenvalue weighted by Crippen LogP contribution is 2.38. The van der Waals surface area contributed by atoms with Crippen molar-refractivity contribution in [3.8, 4) is 5.75 Å². The number of benzene rings is 3. The Hall–Kier alpha value is -4.39. The second-order valence-corrected chi connectivity index (χ2v) is 8.07. The number of ether oxygens (including phenoxy) is 1. The number of hydrogen-bond acceptors (Lipinski definition) is 5. The van der Waals surface area contributed by atoms with Crippen molar-refractivity contribution in [1.29, 1.82) is 0 Å². The van der Waals surface area contributed by atoms with Crippen LogP contribution in [0.1, 0.15) is 35.2 Å². The van der Waals surface area contributed by atoms with Crippen LogP contribution in [0.4, 0.5) is 11.9 Å². The molecule has 0 saturated carbocycles. The molecule has 2 atom stereocenters. The van der Waals surface area contributed by atoms with E-state index in [1.54, 1.807) is 13.2 Å². The van der Waals surface area contributed by atoms with Crippen molar-refractivity contribution in [2.45, 2.75) is 18.5 Å². The Morgan fingerprint density at radius 3 is 2.35 bits per heavy atom. The highest BCUT2D eigenvalue weighted by molar-refractivity contribution is 6.00. The number of nitrogens with one attached hydrogen (secondary N) is 2. The smallest absolute Gasteiger partial charge is 0.250 e. The maximum atomic E-state index is 12.5. The van der Waals surface area contributed by atoms with Crippen molar-refractivity contribution in [2.75, 3.05) is 17.7 Å². The quantitative estimate of drug-likeness (QED) is 0.399. The van der Waals surface area contributed by atoms with Gasteiger partial charge in [0.1, 0.15) is 5.75 Å². The monoisotopic (exact) mass is 451 g/mol.